The van der Waals surface area contributed by atoms with Gasteiger partial charge in [-0.2, -0.15) is 0 Å². The Labute approximate surface area is 160 Å². The predicted molar refractivity (Wildman–Crippen MR) is 104 cm³/mol. The summed E-state index contributed by atoms with van der Waals surface area (Å²) in [5.41, 5.74) is 2.00. The maximum absolute atomic E-state index is 13.4. The molecule has 6 heteroatoms. The Hall–Kier alpha value is -1.99. The highest BCUT2D eigenvalue weighted by Gasteiger charge is 2.14. The Bertz CT molecular complexity index is 690. The summed E-state index contributed by atoms with van der Waals surface area (Å²) in [6.07, 6.45) is 3.06. The second-order valence-corrected chi connectivity index (χ2v) is 6.47. The van der Waals surface area contributed by atoms with Crippen molar-refractivity contribution in [1.82, 2.24) is 9.47 Å². The van der Waals surface area contributed by atoms with Crippen LogP contribution in [0.5, 0.6) is 0 Å². The van der Waals surface area contributed by atoms with Gasteiger partial charge in [0, 0.05) is 45.2 Å². The molecule has 2 aromatic rings. The molecule has 0 aliphatic carbocycles. The van der Waals surface area contributed by atoms with Gasteiger partial charge in [-0.1, -0.05) is 18.2 Å². The zero-order valence-electron chi connectivity index (χ0n) is 15.9. The van der Waals surface area contributed by atoms with Gasteiger partial charge in [-0.25, -0.2) is 4.39 Å². The Morgan fingerprint density at radius 1 is 1.33 bits per heavy atom. The maximum Gasteiger partial charge on any atom is 0.123 e. The molecular weight excluding hydrogens is 347 g/mol. The van der Waals surface area contributed by atoms with Crippen LogP contribution in [0.15, 0.2) is 55.3 Å². The summed E-state index contributed by atoms with van der Waals surface area (Å²) in [5.74, 6) is -0.231. The highest BCUT2D eigenvalue weighted by atomic mass is 19.1. The smallest absolute Gasteiger partial charge is 0.123 e. The Morgan fingerprint density at radius 2 is 2.19 bits per heavy atom. The summed E-state index contributed by atoms with van der Waals surface area (Å²) in [6.45, 7) is 7.29. The lowest BCUT2D eigenvalue weighted by Gasteiger charge is -2.25. The van der Waals surface area contributed by atoms with Crippen molar-refractivity contribution < 1.29 is 19.0 Å². The van der Waals surface area contributed by atoms with E-state index in [4.69, 9.17) is 9.47 Å². The van der Waals surface area contributed by atoms with Gasteiger partial charge in [-0.05, 0) is 29.8 Å². The van der Waals surface area contributed by atoms with Crippen molar-refractivity contribution in [3.8, 4) is 0 Å². The fourth-order valence-electron chi connectivity index (χ4n) is 2.90. The molecule has 1 N–H and O–H groups in total. The number of methoxy groups -OCH3 is 1. The number of halogens is 1. The predicted octanol–water partition coefficient (Wildman–Crippen LogP) is 2.69. The molecule has 5 nitrogen and oxygen atoms in total. The highest BCUT2D eigenvalue weighted by Crippen LogP contribution is 2.12. The van der Waals surface area contributed by atoms with Crippen molar-refractivity contribution >= 4 is 0 Å². The minimum atomic E-state index is -0.589. The molecule has 0 aliphatic rings. The van der Waals surface area contributed by atoms with E-state index < -0.39 is 6.10 Å². The van der Waals surface area contributed by atoms with Gasteiger partial charge in [0.15, 0.2) is 0 Å². The maximum atomic E-state index is 13.4. The summed E-state index contributed by atoms with van der Waals surface area (Å²) in [5, 5.41) is 10.2. The number of rotatable bonds is 13. The van der Waals surface area contributed by atoms with Crippen molar-refractivity contribution in [3.05, 3.63) is 72.3 Å². The van der Waals surface area contributed by atoms with Crippen molar-refractivity contribution in [2.45, 2.75) is 19.2 Å². The van der Waals surface area contributed by atoms with E-state index in [-0.39, 0.29) is 12.4 Å². The molecule has 1 aromatic carbocycles. The van der Waals surface area contributed by atoms with Crippen LogP contribution in [0.3, 0.4) is 0 Å². The van der Waals surface area contributed by atoms with Crippen molar-refractivity contribution in [3.63, 3.8) is 0 Å². The monoisotopic (exact) mass is 376 g/mol. The molecule has 0 aliphatic heterocycles. The summed E-state index contributed by atoms with van der Waals surface area (Å²) in [7, 11) is 1.66. The van der Waals surface area contributed by atoms with Crippen molar-refractivity contribution in [1.29, 1.82) is 0 Å². The number of ether oxygens (including phenoxy) is 2. The minimum Gasteiger partial charge on any atom is -0.389 e. The molecule has 2 rings (SSSR count). The van der Waals surface area contributed by atoms with Gasteiger partial charge in [0.1, 0.15) is 5.82 Å². The van der Waals surface area contributed by atoms with Gasteiger partial charge in [0.2, 0.25) is 0 Å². The lowest BCUT2D eigenvalue weighted by atomic mass is 10.2. The van der Waals surface area contributed by atoms with E-state index in [0.717, 1.165) is 11.3 Å². The first-order valence-corrected chi connectivity index (χ1v) is 9.08. The molecule has 0 amide bonds. The average molecular weight is 376 g/mol. The number of nitrogens with zero attached hydrogens (tertiary/aromatic N) is 2. The van der Waals surface area contributed by atoms with Crippen LogP contribution in [0.4, 0.5) is 4.39 Å². The quantitative estimate of drug-likeness (QED) is 0.431. The second kappa shape index (κ2) is 11.7. The number of aromatic nitrogens is 1. The average Bonchev–Trinajstić information content (AvgIpc) is 3.06. The van der Waals surface area contributed by atoms with E-state index in [1.54, 1.807) is 25.3 Å². The fourth-order valence-corrected chi connectivity index (χ4v) is 2.90. The molecule has 0 bridgehead atoms. The van der Waals surface area contributed by atoms with Crippen LogP contribution in [-0.2, 0) is 22.6 Å². The Kier molecular flexibility index (Phi) is 9.21. The zero-order valence-corrected chi connectivity index (χ0v) is 15.9. The first-order chi connectivity index (χ1) is 13.1. The number of benzene rings is 1. The lowest BCUT2D eigenvalue weighted by molar-refractivity contribution is 0.0189. The summed E-state index contributed by atoms with van der Waals surface area (Å²) in [6, 6.07) is 10.6. The van der Waals surface area contributed by atoms with Gasteiger partial charge in [0.05, 0.1) is 25.9 Å². The molecule has 27 heavy (non-hydrogen) atoms. The SMILES string of the molecule is C=CCOCC(O)CN(CCOC)Cc1cccn1Cc1cccc(F)c1. The zero-order chi connectivity index (χ0) is 19.5. The van der Waals surface area contributed by atoms with Gasteiger partial charge < -0.3 is 19.1 Å². The minimum absolute atomic E-state index is 0.231. The standard InChI is InChI=1S/C21H29FN2O3/c1-3-11-27-17-21(25)16-23(10-12-26-2)15-20-8-5-9-24(20)14-18-6-4-7-19(22)13-18/h3-9,13,21,25H,1,10-12,14-17H2,2H3. The van der Waals surface area contributed by atoms with Gasteiger partial charge >= 0.3 is 0 Å². The normalized spacial score (nSPS) is 12.4. The topological polar surface area (TPSA) is 46.9 Å². The van der Waals surface area contributed by atoms with E-state index in [2.05, 4.69) is 16.0 Å². The third-order valence-corrected chi connectivity index (χ3v) is 4.18. The van der Waals surface area contributed by atoms with E-state index >= 15 is 0 Å². The third-order valence-electron chi connectivity index (χ3n) is 4.18. The summed E-state index contributed by atoms with van der Waals surface area (Å²) in [4.78, 5) is 2.13. The van der Waals surface area contributed by atoms with Crippen LogP contribution in [0, 0.1) is 5.82 Å². The fraction of sp³-hybridized carbons (Fsp3) is 0.429. The number of aliphatic hydroxyl groups excluding tert-OH is 1. The van der Waals surface area contributed by atoms with Gasteiger partial charge in [-0.15, -0.1) is 6.58 Å². The number of hydrogen-bond donors (Lipinski definition) is 1. The van der Waals surface area contributed by atoms with E-state index in [1.165, 1.54) is 6.07 Å². The van der Waals surface area contributed by atoms with E-state index in [0.29, 0.717) is 39.4 Å². The van der Waals surface area contributed by atoms with Crippen LogP contribution in [0.25, 0.3) is 0 Å². The third kappa shape index (κ3) is 7.64. The molecule has 0 radical (unpaired) electrons. The van der Waals surface area contributed by atoms with Gasteiger partial charge in [-0.3, -0.25) is 4.90 Å². The van der Waals surface area contributed by atoms with E-state index in [9.17, 15) is 9.50 Å². The van der Waals surface area contributed by atoms with Crippen LogP contribution >= 0.6 is 0 Å². The van der Waals surface area contributed by atoms with E-state index in [1.807, 2.05) is 24.4 Å². The van der Waals surface area contributed by atoms with Crippen LogP contribution in [-0.4, -0.2) is 60.7 Å². The Balaban J connectivity index is 1.99. The molecular formula is C21H29FN2O3. The van der Waals surface area contributed by atoms with Gasteiger partial charge in [0.25, 0.3) is 0 Å². The van der Waals surface area contributed by atoms with Crippen LogP contribution in [0.1, 0.15) is 11.3 Å². The number of aliphatic hydroxyl groups is 1. The molecule has 1 unspecified atom stereocenters. The largest absolute Gasteiger partial charge is 0.389 e. The molecule has 0 fully saturated rings. The molecule has 0 saturated heterocycles. The highest BCUT2D eigenvalue weighted by molar-refractivity contribution is 5.18. The molecule has 1 heterocycles. The Morgan fingerprint density at radius 3 is 2.93 bits per heavy atom. The molecule has 1 atom stereocenters. The number of hydrogen-bond acceptors (Lipinski definition) is 4. The van der Waals surface area contributed by atoms with Crippen LogP contribution < -0.4 is 0 Å². The molecule has 1 aromatic heterocycles. The molecule has 0 spiro atoms. The summed E-state index contributed by atoms with van der Waals surface area (Å²) < 4.78 is 26.1. The first kappa shape index (κ1) is 21.3. The second-order valence-electron chi connectivity index (χ2n) is 6.47. The lowest BCUT2D eigenvalue weighted by Crippen LogP contribution is -2.37. The van der Waals surface area contributed by atoms with Crippen molar-refractivity contribution in [2.24, 2.45) is 0 Å². The van der Waals surface area contributed by atoms with Crippen LogP contribution in [0.2, 0.25) is 0 Å². The molecule has 148 valence electrons. The van der Waals surface area contributed by atoms with Crippen molar-refractivity contribution in [2.75, 3.05) is 40.0 Å². The molecule has 0 saturated carbocycles. The summed E-state index contributed by atoms with van der Waals surface area (Å²) >= 11 is 0. The first-order valence-electron chi connectivity index (χ1n) is 9.08.